The molecular formula is C24H23FN2O2S. The molecule has 0 saturated carbocycles. The second-order valence-corrected chi connectivity index (χ2v) is 8.25. The molecule has 1 amide bonds. The minimum atomic E-state index is -0.232. The lowest BCUT2D eigenvalue weighted by molar-refractivity contribution is 0.0951. The number of carbonyl (C=O) groups excluding carboxylic acids is 1. The van der Waals surface area contributed by atoms with Gasteiger partial charge in [-0.15, -0.1) is 11.8 Å². The number of nitrogens with one attached hydrogen (secondary N) is 1. The van der Waals surface area contributed by atoms with Crippen molar-refractivity contribution >= 4 is 23.4 Å². The zero-order valence-electron chi connectivity index (χ0n) is 16.7. The fourth-order valence-corrected chi connectivity index (χ4v) is 4.45. The van der Waals surface area contributed by atoms with Crippen LogP contribution in [0.3, 0.4) is 0 Å². The number of amides is 1. The smallest absolute Gasteiger partial charge is 0.251 e. The quantitative estimate of drug-likeness (QED) is 0.615. The van der Waals surface area contributed by atoms with Gasteiger partial charge in [0.2, 0.25) is 0 Å². The summed E-state index contributed by atoms with van der Waals surface area (Å²) in [6.45, 7) is 2.02. The number of benzene rings is 3. The van der Waals surface area contributed by atoms with Crippen LogP contribution in [0.5, 0.6) is 5.75 Å². The first-order valence-corrected chi connectivity index (χ1v) is 10.8. The normalized spacial score (nSPS) is 12.9. The SMILES string of the molecule is COc1ccc(CNC(=O)c2ccc3c(c2)N(Cc2ccc(F)cc2)CCS3)cc1. The number of ether oxygens (including phenoxy) is 1. The number of halogens is 1. The number of nitrogens with zero attached hydrogens (tertiary/aromatic N) is 1. The molecule has 3 aromatic rings. The Bertz CT molecular complexity index is 1020. The van der Waals surface area contributed by atoms with E-state index in [9.17, 15) is 9.18 Å². The number of rotatable bonds is 6. The molecule has 30 heavy (non-hydrogen) atoms. The van der Waals surface area contributed by atoms with Crippen LogP contribution >= 0.6 is 11.8 Å². The Morgan fingerprint density at radius 3 is 2.53 bits per heavy atom. The summed E-state index contributed by atoms with van der Waals surface area (Å²) in [5, 5.41) is 2.98. The molecule has 154 valence electrons. The predicted molar refractivity (Wildman–Crippen MR) is 119 cm³/mol. The van der Waals surface area contributed by atoms with Crippen LogP contribution in [0.2, 0.25) is 0 Å². The maximum Gasteiger partial charge on any atom is 0.251 e. The molecule has 0 unspecified atom stereocenters. The molecule has 6 heteroatoms. The van der Waals surface area contributed by atoms with Crippen molar-refractivity contribution in [2.45, 2.75) is 18.0 Å². The number of hydrogen-bond acceptors (Lipinski definition) is 4. The van der Waals surface area contributed by atoms with Crippen LogP contribution in [0.25, 0.3) is 0 Å². The summed E-state index contributed by atoms with van der Waals surface area (Å²) in [4.78, 5) is 16.1. The molecule has 0 bridgehead atoms. The molecule has 0 atom stereocenters. The Hall–Kier alpha value is -2.99. The highest BCUT2D eigenvalue weighted by Crippen LogP contribution is 2.36. The molecule has 4 nitrogen and oxygen atoms in total. The van der Waals surface area contributed by atoms with Crippen molar-refractivity contribution in [3.63, 3.8) is 0 Å². The third-order valence-electron chi connectivity index (χ3n) is 5.08. The minimum Gasteiger partial charge on any atom is -0.497 e. The number of hydrogen-bond donors (Lipinski definition) is 1. The third kappa shape index (κ3) is 4.76. The van der Waals surface area contributed by atoms with E-state index in [1.807, 2.05) is 54.6 Å². The first kappa shape index (κ1) is 20.3. The molecule has 3 aromatic carbocycles. The molecule has 1 aliphatic heterocycles. The Labute approximate surface area is 180 Å². The van der Waals surface area contributed by atoms with Crippen LogP contribution in [-0.4, -0.2) is 25.3 Å². The Balaban J connectivity index is 1.46. The maximum atomic E-state index is 13.2. The Kier molecular flexibility index (Phi) is 6.23. The highest BCUT2D eigenvalue weighted by molar-refractivity contribution is 7.99. The van der Waals surface area contributed by atoms with Crippen molar-refractivity contribution in [2.75, 3.05) is 24.3 Å². The van der Waals surface area contributed by atoms with Gasteiger partial charge in [0.1, 0.15) is 11.6 Å². The zero-order valence-corrected chi connectivity index (χ0v) is 17.5. The largest absolute Gasteiger partial charge is 0.497 e. The van der Waals surface area contributed by atoms with Gasteiger partial charge in [-0.1, -0.05) is 24.3 Å². The van der Waals surface area contributed by atoms with Gasteiger partial charge in [0.15, 0.2) is 0 Å². The number of anilines is 1. The van der Waals surface area contributed by atoms with Crippen LogP contribution in [-0.2, 0) is 13.1 Å². The third-order valence-corrected chi connectivity index (χ3v) is 6.12. The second kappa shape index (κ2) is 9.22. The summed E-state index contributed by atoms with van der Waals surface area (Å²) in [5.74, 6) is 1.44. The van der Waals surface area contributed by atoms with E-state index in [1.54, 1.807) is 18.9 Å². The minimum absolute atomic E-state index is 0.106. The van der Waals surface area contributed by atoms with Gasteiger partial charge in [0, 0.05) is 35.8 Å². The molecular weight excluding hydrogens is 399 g/mol. The Morgan fingerprint density at radius 2 is 1.80 bits per heavy atom. The summed E-state index contributed by atoms with van der Waals surface area (Å²) in [7, 11) is 1.63. The first-order valence-electron chi connectivity index (χ1n) is 9.80. The fraction of sp³-hybridized carbons (Fsp3) is 0.208. The van der Waals surface area contributed by atoms with E-state index in [4.69, 9.17) is 4.74 Å². The van der Waals surface area contributed by atoms with Gasteiger partial charge < -0.3 is 15.0 Å². The number of fused-ring (bicyclic) bond motifs is 1. The van der Waals surface area contributed by atoms with Gasteiger partial charge in [-0.2, -0.15) is 0 Å². The van der Waals surface area contributed by atoms with Gasteiger partial charge >= 0.3 is 0 Å². The zero-order chi connectivity index (χ0) is 20.9. The van der Waals surface area contributed by atoms with Gasteiger partial charge in [-0.25, -0.2) is 4.39 Å². The molecule has 0 aliphatic carbocycles. The van der Waals surface area contributed by atoms with E-state index in [1.165, 1.54) is 12.1 Å². The lowest BCUT2D eigenvalue weighted by atomic mass is 10.1. The summed E-state index contributed by atoms with van der Waals surface area (Å²) in [6, 6.07) is 20.1. The molecule has 1 heterocycles. The van der Waals surface area contributed by atoms with Gasteiger partial charge in [0.25, 0.3) is 5.91 Å². The summed E-state index contributed by atoms with van der Waals surface area (Å²) >= 11 is 1.79. The maximum absolute atomic E-state index is 13.2. The van der Waals surface area contributed by atoms with Crippen molar-refractivity contribution in [2.24, 2.45) is 0 Å². The molecule has 1 N–H and O–H groups in total. The van der Waals surface area contributed by atoms with Crippen molar-refractivity contribution < 1.29 is 13.9 Å². The Morgan fingerprint density at radius 1 is 1.07 bits per heavy atom. The van der Waals surface area contributed by atoms with E-state index in [2.05, 4.69) is 10.2 Å². The fourth-order valence-electron chi connectivity index (χ4n) is 3.42. The lowest BCUT2D eigenvalue weighted by Gasteiger charge is -2.31. The van der Waals surface area contributed by atoms with Crippen LogP contribution < -0.4 is 15.0 Å². The topological polar surface area (TPSA) is 41.6 Å². The molecule has 1 aliphatic rings. The average molecular weight is 423 g/mol. The molecule has 4 rings (SSSR count). The monoisotopic (exact) mass is 422 g/mol. The van der Waals surface area contributed by atoms with Crippen molar-refractivity contribution in [1.82, 2.24) is 5.32 Å². The van der Waals surface area contributed by atoms with Gasteiger partial charge in [-0.3, -0.25) is 4.79 Å². The predicted octanol–water partition coefficient (Wildman–Crippen LogP) is 4.88. The summed E-state index contributed by atoms with van der Waals surface area (Å²) < 4.78 is 18.4. The van der Waals surface area contributed by atoms with Crippen LogP contribution in [0.15, 0.2) is 71.6 Å². The molecule has 0 aromatic heterocycles. The summed E-state index contributed by atoms with van der Waals surface area (Å²) in [6.07, 6.45) is 0. The van der Waals surface area contributed by atoms with Crippen LogP contribution in [0.4, 0.5) is 10.1 Å². The highest BCUT2D eigenvalue weighted by Gasteiger charge is 2.19. The van der Waals surface area contributed by atoms with E-state index in [0.29, 0.717) is 18.7 Å². The first-order chi connectivity index (χ1) is 14.6. The summed E-state index contributed by atoms with van der Waals surface area (Å²) in [5.41, 5.74) is 3.74. The van der Waals surface area contributed by atoms with Crippen LogP contribution in [0.1, 0.15) is 21.5 Å². The molecule has 0 radical (unpaired) electrons. The lowest BCUT2D eigenvalue weighted by Crippen LogP contribution is -2.29. The van der Waals surface area contributed by atoms with E-state index >= 15 is 0 Å². The molecule has 0 saturated heterocycles. The van der Waals surface area contributed by atoms with E-state index < -0.39 is 0 Å². The number of carbonyl (C=O) groups is 1. The second-order valence-electron chi connectivity index (χ2n) is 7.11. The van der Waals surface area contributed by atoms with Crippen molar-refractivity contribution in [3.05, 3.63) is 89.2 Å². The van der Waals surface area contributed by atoms with E-state index in [0.717, 1.165) is 39.8 Å². The van der Waals surface area contributed by atoms with Crippen LogP contribution in [0, 0.1) is 5.82 Å². The van der Waals surface area contributed by atoms with Crippen molar-refractivity contribution in [3.8, 4) is 5.75 Å². The average Bonchev–Trinajstić information content (AvgIpc) is 2.79. The highest BCUT2D eigenvalue weighted by atomic mass is 32.2. The van der Waals surface area contributed by atoms with E-state index in [-0.39, 0.29) is 11.7 Å². The number of thioether (sulfide) groups is 1. The van der Waals surface area contributed by atoms with Gasteiger partial charge in [-0.05, 0) is 53.6 Å². The van der Waals surface area contributed by atoms with Crippen molar-refractivity contribution in [1.29, 1.82) is 0 Å². The van der Waals surface area contributed by atoms with Gasteiger partial charge in [0.05, 0.1) is 12.8 Å². The molecule has 0 fully saturated rings. The number of methoxy groups -OCH3 is 1. The standard InChI is InChI=1S/C24H23FN2O2S/c1-29-21-9-4-17(5-10-21)15-26-24(28)19-6-11-23-22(14-19)27(12-13-30-23)16-18-2-7-20(25)8-3-18/h2-11,14H,12-13,15-16H2,1H3,(H,26,28). The molecule has 0 spiro atoms.